The standard InChI is InChI=1S/C15H28N2O/c1-2-11-3-5-12(6-4-11)15(18)17-14-9-7-13(16)8-10-14/h11-14H,2-10,16H2,1H3,(H,17,18). The van der Waals surface area contributed by atoms with Gasteiger partial charge in [-0.2, -0.15) is 0 Å². The van der Waals surface area contributed by atoms with E-state index in [1.807, 2.05) is 0 Å². The minimum absolute atomic E-state index is 0.281. The minimum atomic E-state index is 0.281. The first-order valence-corrected chi connectivity index (χ1v) is 7.75. The molecule has 0 radical (unpaired) electrons. The molecular formula is C15H28N2O. The van der Waals surface area contributed by atoms with Crippen LogP contribution in [0.25, 0.3) is 0 Å². The maximum absolute atomic E-state index is 12.2. The fourth-order valence-corrected chi connectivity index (χ4v) is 3.42. The van der Waals surface area contributed by atoms with E-state index in [-0.39, 0.29) is 5.92 Å². The maximum atomic E-state index is 12.2. The summed E-state index contributed by atoms with van der Waals surface area (Å²) in [6.07, 6.45) is 10.2. The Morgan fingerprint density at radius 1 is 1.06 bits per heavy atom. The fraction of sp³-hybridized carbons (Fsp3) is 0.933. The smallest absolute Gasteiger partial charge is 0.223 e. The molecule has 2 aliphatic carbocycles. The molecule has 0 unspecified atom stereocenters. The van der Waals surface area contributed by atoms with E-state index in [1.165, 1.54) is 19.3 Å². The third-order valence-corrected chi connectivity index (χ3v) is 4.91. The molecule has 0 saturated heterocycles. The molecule has 18 heavy (non-hydrogen) atoms. The van der Waals surface area contributed by atoms with Crippen molar-refractivity contribution in [1.29, 1.82) is 0 Å². The molecule has 2 fully saturated rings. The summed E-state index contributed by atoms with van der Waals surface area (Å²) in [5.41, 5.74) is 5.89. The van der Waals surface area contributed by atoms with Crippen molar-refractivity contribution in [2.45, 2.75) is 76.8 Å². The van der Waals surface area contributed by atoms with Gasteiger partial charge in [-0.25, -0.2) is 0 Å². The number of hydrogen-bond donors (Lipinski definition) is 2. The summed E-state index contributed by atoms with van der Waals surface area (Å²) in [5.74, 6) is 1.45. The highest BCUT2D eigenvalue weighted by molar-refractivity contribution is 5.79. The van der Waals surface area contributed by atoms with E-state index < -0.39 is 0 Å². The number of hydrogen-bond acceptors (Lipinski definition) is 2. The van der Waals surface area contributed by atoms with E-state index in [0.29, 0.717) is 18.0 Å². The molecular weight excluding hydrogens is 224 g/mol. The first kappa shape index (κ1) is 13.9. The summed E-state index contributed by atoms with van der Waals surface area (Å²) in [5, 5.41) is 3.25. The number of carbonyl (C=O) groups is 1. The monoisotopic (exact) mass is 252 g/mol. The summed E-state index contributed by atoms with van der Waals surface area (Å²) in [6.45, 7) is 2.26. The SMILES string of the molecule is CCC1CCC(C(=O)NC2CCC(N)CC2)CC1. The Morgan fingerprint density at radius 3 is 2.22 bits per heavy atom. The van der Waals surface area contributed by atoms with Crippen LogP contribution in [0.1, 0.15) is 64.7 Å². The highest BCUT2D eigenvalue weighted by atomic mass is 16.1. The van der Waals surface area contributed by atoms with Crippen molar-refractivity contribution >= 4 is 5.91 Å². The van der Waals surface area contributed by atoms with Crippen LogP contribution < -0.4 is 11.1 Å². The molecule has 104 valence electrons. The molecule has 0 aromatic heterocycles. The van der Waals surface area contributed by atoms with Crippen molar-refractivity contribution in [1.82, 2.24) is 5.32 Å². The van der Waals surface area contributed by atoms with Gasteiger partial charge < -0.3 is 11.1 Å². The zero-order valence-electron chi connectivity index (χ0n) is 11.7. The molecule has 0 bridgehead atoms. The van der Waals surface area contributed by atoms with Gasteiger partial charge in [0.1, 0.15) is 0 Å². The van der Waals surface area contributed by atoms with E-state index in [9.17, 15) is 4.79 Å². The Kier molecular flexibility index (Phi) is 5.04. The zero-order chi connectivity index (χ0) is 13.0. The predicted octanol–water partition coefficient (Wildman–Crippen LogP) is 2.59. The largest absolute Gasteiger partial charge is 0.353 e. The van der Waals surface area contributed by atoms with Gasteiger partial charge in [-0.3, -0.25) is 4.79 Å². The average Bonchev–Trinajstić information content (AvgIpc) is 2.41. The molecule has 0 aromatic carbocycles. The molecule has 0 aliphatic heterocycles. The first-order valence-electron chi connectivity index (χ1n) is 7.75. The summed E-state index contributed by atoms with van der Waals surface area (Å²) in [6, 6.07) is 0.749. The van der Waals surface area contributed by atoms with Crippen molar-refractivity contribution in [2.75, 3.05) is 0 Å². The number of carbonyl (C=O) groups excluding carboxylic acids is 1. The molecule has 3 heteroatoms. The topological polar surface area (TPSA) is 55.1 Å². The highest BCUT2D eigenvalue weighted by Gasteiger charge is 2.27. The number of amides is 1. The van der Waals surface area contributed by atoms with Gasteiger partial charge in [0.2, 0.25) is 5.91 Å². The van der Waals surface area contributed by atoms with E-state index in [1.54, 1.807) is 0 Å². The van der Waals surface area contributed by atoms with Crippen LogP contribution in [0.5, 0.6) is 0 Å². The van der Waals surface area contributed by atoms with Crippen molar-refractivity contribution < 1.29 is 4.79 Å². The van der Waals surface area contributed by atoms with Crippen LogP contribution in [-0.4, -0.2) is 18.0 Å². The van der Waals surface area contributed by atoms with Gasteiger partial charge in [0.05, 0.1) is 0 Å². The molecule has 0 aromatic rings. The summed E-state index contributed by atoms with van der Waals surface area (Å²) in [4.78, 5) is 12.2. The predicted molar refractivity (Wildman–Crippen MR) is 74.1 cm³/mol. The highest BCUT2D eigenvalue weighted by Crippen LogP contribution is 2.31. The zero-order valence-corrected chi connectivity index (χ0v) is 11.7. The molecule has 2 aliphatic rings. The van der Waals surface area contributed by atoms with E-state index in [0.717, 1.165) is 44.4 Å². The van der Waals surface area contributed by atoms with Gasteiger partial charge in [-0.1, -0.05) is 13.3 Å². The Hall–Kier alpha value is -0.570. The van der Waals surface area contributed by atoms with Crippen LogP contribution in [0.4, 0.5) is 0 Å². The van der Waals surface area contributed by atoms with Gasteiger partial charge in [0, 0.05) is 18.0 Å². The first-order chi connectivity index (χ1) is 8.69. The second-order valence-corrected chi connectivity index (χ2v) is 6.25. The molecule has 0 atom stereocenters. The third-order valence-electron chi connectivity index (χ3n) is 4.91. The molecule has 3 N–H and O–H groups in total. The summed E-state index contributed by atoms with van der Waals surface area (Å²) < 4.78 is 0. The van der Waals surface area contributed by atoms with E-state index >= 15 is 0 Å². The minimum Gasteiger partial charge on any atom is -0.353 e. The van der Waals surface area contributed by atoms with E-state index in [4.69, 9.17) is 5.73 Å². The van der Waals surface area contributed by atoms with Crippen LogP contribution >= 0.6 is 0 Å². The second-order valence-electron chi connectivity index (χ2n) is 6.25. The third kappa shape index (κ3) is 3.71. The number of nitrogens with two attached hydrogens (primary N) is 1. The Labute approximate surface area is 111 Å². The lowest BCUT2D eigenvalue weighted by atomic mass is 9.80. The molecule has 2 rings (SSSR count). The lowest BCUT2D eigenvalue weighted by molar-refractivity contribution is -0.127. The van der Waals surface area contributed by atoms with Crippen molar-refractivity contribution in [3.05, 3.63) is 0 Å². The Morgan fingerprint density at radius 2 is 1.67 bits per heavy atom. The lowest BCUT2D eigenvalue weighted by Gasteiger charge is -2.31. The number of rotatable bonds is 3. The molecule has 0 heterocycles. The molecule has 1 amide bonds. The van der Waals surface area contributed by atoms with E-state index in [2.05, 4.69) is 12.2 Å². The second kappa shape index (κ2) is 6.55. The van der Waals surface area contributed by atoms with Gasteiger partial charge in [-0.05, 0) is 57.3 Å². The normalized spacial score (nSPS) is 37.2. The fourth-order valence-electron chi connectivity index (χ4n) is 3.42. The van der Waals surface area contributed by atoms with Crippen molar-refractivity contribution in [2.24, 2.45) is 17.6 Å². The van der Waals surface area contributed by atoms with Crippen LogP contribution in [0, 0.1) is 11.8 Å². The van der Waals surface area contributed by atoms with Crippen molar-refractivity contribution in [3.63, 3.8) is 0 Å². The van der Waals surface area contributed by atoms with Crippen LogP contribution in [0.2, 0.25) is 0 Å². The van der Waals surface area contributed by atoms with Gasteiger partial charge in [-0.15, -0.1) is 0 Å². The van der Waals surface area contributed by atoms with Gasteiger partial charge in [0.15, 0.2) is 0 Å². The molecule has 3 nitrogen and oxygen atoms in total. The number of nitrogens with one attached hydrogen (secondary N) is 1. The van der Waals surface area contributed by atoms with Crippen LogP contribution in [-0.2, 0) is 4.79 Å². The maximum Gasteiger partial charge on any atom is 0.223 e. The Balaban J connectivity index is 1.72. The van der Waals surface area contributed by atoms with Gasteiger partial charge >= 0.3 is 0 Å². The van der Waals surface area contributed by atoms with Crippen molar-refractivity contribution in [3.8, 4) is 0 Å². The van der Waals surface area contributed by atoms with Crippen LogP contribution in [0.15, 0.2) is 0 Å². The Bertz CT molecular complexity index is 264. The summed E-state index contributed by atoms with van der Waals surface area (Å²) in [7, 11) is 0. The molecule has 2 saturated carbocycles. The molecule has 0 spiro atoms. The van der Waals surface area contributed by atoms with Crippen LogP contribution in [0.3, 0.4) is 0 Å². The quantitative estimate of drug-likeness (QED) is 0.811. The van der Waals surface area contributed by atoms with Gasteiger partial charge in [0.25, 0.3) is 0 Å². The average molecular weight is 252 g/mol. The lowest BCUT2D eigenvalue weighted by Crippen LogP contribution is -2.43. The summed E-state index contributed by atoms with van der Waals surface area (Å²) >= 11 is 0.